The Morgan fingerprint density at radius 1 is 0.646 bits per heavy atom. The van der Waals surface area contributed by atoms with Gasteiger partial charge in [0.15, 0.2) is 0 Å². The van der Waals surface area contributed by atoms with Gasteiger partial charge in [-0.2, -0.15) is 0 Å². The second kappa shape index (κ2) is 29.1. The highest BCUT2D eigenvalue weighted by Crippen LogP contribution is 2.36. The lowest BCUT2D eigenvalue weighted by Gasteiger charge is -2.44. The number of piperidine rings is 6. The van der Waals surface area contributed by atoms with Gasteiger partial charge < -0.3 is 19.8 Å². The van der Waals surface area contributed by atoms with Gasteiger partial charge in [0.1, 0.15) is 49.4 Å². The second-order valence-corrected chi connectivity index (χ2v) is 25.7. The highest BCUT2D eigenvalue weighted by molar-refractivity contribution is 7.13. The maximum atomic E-state index is 13.1. The number of aliphatic hydroxyl groups excluding tert-OH is 1. The summed E-state index contributed by atoms with van der Waals surface area (Å²) in [6.07, 6.45) is 4.67. The van der Waals surface area contributed by atoms with Crippen molar-refractivity contribution in [2.75, 3.05) is 45.8 Å². The first kappa shape index (κ1) is 65.3. The Balaban J connectivity index is 0.000000174. The Kier molecular flexibility index (Phi) is 23.1. The lowest BCUT2D eigenvalue weighted by Crippen LogP contribution is -2.53. The molecule has 6 fully saturated rings. The average Bonchev–Trinajstić information content (AvgIpc) is 4.33. The standard InChI is InChI=1S/C20H23FN2O2S.C13H11FN4OS.C13H12FNO2S.C8H19N.C7H13NO/c1-20(2,19(24)25-16-11-23-9-7-13(16)8-10-23)17-12-26-18(22-17)14-3-5-15(21)6-4-14;1-13(2,12(19)17-18-15)10-7-20-11(16-10)8-3-5-9(14)6-4-8;1-13(2,12(16)17)10-7-18-11(15-10)8-3-5-9(14)6-4-8;1-6-9(7(2)3)8(4)5;9-7-5-8-3-1-6(7)2-4-8/h3-6,12-13,16H,7-11H2,1-2H3;3-7H,1-2H3;3-7H,1-2H3,(H,16,17);7-8H,6H2,1-5H3;6-7,9H,1-5H2. The number of aliphatic hydroxyl groups is 1. The molecule has 0 radical (unpaired) electrons. The van der Waals surface area contributed by atoms with Crippen LogP contribution in [0.1, 0.15) is 119 Å². The molecule has 0 spiro atoms. The fraction of sp³-hybridized carbons (Fsp3) is 0.508. The van der Waals surface area contributed by atoms with E-state index in [-0.39, 0.29) is 35.6 Å². The van der Waals surface area contributed by atoms with Crippen molar-refractivity contribution < 1.29 is 42.5 Å². The highest BCUT2D eigenvalue weighted by Gasteiger charge is 2.41. The van der Waals surface area contributed by atoms with Crippen LogP contribution in [0.25, 0.3) is 42.2 Å². The molecule has 21 heteroatoms. The molecule has 15 nitrogen and oxygen atoms in total. The van der Waals surface area contributed by atoms with E-state index in [2.05, 4.69) is 74.3 Å². The van der Waals surface area contributed by atoms with Gasteiger partial charge in [0.05, 0.1) is 28.6 Å². The number of carbonyl (C=O) groups is 3. The van der Waals surface area contributed by atoms with Crippen LogP contribution in [0.3, 0.4) is 0 Å². The molecule has 0 aliphatic carbocycles. The molecular weight excluding hydrogens is 1110 g/mol. The van der Waals surface area contributed by atoms with Gasteiger partial charge in [-0.3, -0.25) is 24.2 Å². The van der Waals surface area contributed by atoms with Crippen LogP contribution in [0.4, 0.5) is 13.2 Å². The first-order valence-corrected chi connectivity index (χ1v) is 30.5. The zero-order chi connectivity index (χ0) is 60.1. The number of amides is 1. The Hall–Kier alpha value is -5.90. The fourth-order valence-electron chi connectivity index (χ4n) is 9.94. The highest BCUT2D eigenvalue weighted by atomic mass is 32.1. The number of thiazole rings is 3. The van der Waals surface area contributed by atoms with E-state index in [4.69, 9.17) is 15.4 Å². The lowest BCUT2D eigenvalue weighted by molar-refractivity contribution is -0.164. The summed E-state index contributed by atoms with van der Waals surface area (Å²) in [6, 6.07) is 19.6. The van der Waals surface area contributed by atoms with E-state index in [1.54, 1.807) is 74.9 Å². The maximum absolute atomic E-state index is 13.1. The molecule has 6 aliphatic heterocycles. The van der Waals surface area contributed by atoms with Gasteiger partial charge in [0, 0.05) is 62.9 Å². The van der Waals surface area contributed by atoms with Crippen LogP contribution in [-0.4, -0.2) is 128 Å². The van der Waals surface area contributed by atoms with Crippen molar-refractivity contribution in [3.63, 3.8) is 0 Å². The monoisotopic (exact) mass is 1190 g/mol. The van der Waals surface area contributed by atoms with Gasteiger partial charge >= 0.3 is 11.9 Å². The third-order valence-corrected chi connectivity index (χ3v) is 18.3. The predicted molar refractivity (Wildman–Crippen MR) is 320 cm³/mol. The van der Waals surface area contributed by atoms with Crippen LogP contribution in [0.5, 0.6) is 0 Å². The number of hydrogen-bond donors (Lipinski definition) is 2. The van der Waals surface area contributed by atoms with Crippen molar-refractivity contribution in [2.24, 2.45) is 17.0 Å². The topological polar surface area (TPSA) is 198 Å². The van der Waals surface area contributed by atoms with Crippen LogP contribution >= 0.6 is 34.0 Å². The number of benzene rings is 3. The summed E-state index contributed by atoms with van der Waals surface area (Å²) in [4.78, 5) is 58.8. The molecule has 3 aromatic carbocycles. The summed E-state index contributed by atoms with van der Waals surface area (Å²) < 4.78 is 44.7. The molecule has 1 amide bonds. The Morgan fingerprint density at radius 2 is 1.01 bits per heavy atom. The van der Waals surface area contributed by atoms with Gasteiger partial charge in [-0.1, -0.05) is 6.92 Å². The third kappa shape index (κ3) is 17.1. The number of esters is 1. The summed E-state index contributed by atoms with van der Waals surface area (Å²) in [5.41, 5.74) is 9.68. The number of ether oxygens (including phenoxy) is 1. The summed E-state index contributed by atoms with van der Waals surface area (Å²) in [7, 11) is 0. The van der Waals surface area contributed by atoms with Crippen LogP contribution < -0.4 is 0 Å². The lowest BCUT2D eigenvalue weighted by atomic mass is 9.85. The van der Waals surface area contributed by atoms with E-state index in [1.807, 2.05) is 19.2 Å². The second-order valence-electron chi connectivity index (χ2n) is 23.1. The SMILES string of the molecule is CC(C)(C(=O)N=[N+]=[N-])c1csc(-c2ccc(F)cc2)n1.CC(C)(C(=O)O)c1csc(-c2ccc(F)cc2)n1.CC(C)(C(=O)OC1CN2CCC1CC2)c1csc(-c2ccc(F)cc2)n1.CCN(C(C)C)C(C)C.OC1CN2CCC1CC2. The zero-order valence-electron chi connectivity index (χ0n) is 48.8. The molecule has 6 aliphatic rings. The van der Waals surface area contributed by atoms with E-state index in [0.717, 1.165) is 67.3 Å². The number of nitrogens with zero attached hydrogens (tertiary/aromatic N) is 9. The number of azide groups is 1. The number of aromatic nitrogens is 3. The van der Waals surface area contributed by atoms with Crippen molar-refractivity contribution in [1.82, 2.24) is 29.7 Å². The zero-order valence-corrected chi connectivity index (χ0v) is 51.3. The van der Waals surface area contributed by atoms with Crippen LogP contribution in [0.2, 0.25) is 0 Å². The van der Waals surface area contributed by atoms with E-state index in [1.165, 1.54) is 96.3 Å². The van der Waals surface area contributed by atoms with E-state index in [0.29, 0.717) is 51.0 Å². The largest absolute Gasteiger partial charge is 0.481 e. The number of fused-ring (bicyclic) bond motifs is 6. The van der Waals surface area contributed by atoms with Gasteiger partial charge in [0.2, 0.25) is 5.91 Å². The smallest absolute Gasteiger partial charge is 0.317 e. The summed E-state index contributed by atoms with van der Waals surface area (Å²) >= 11 is 4.17. The third-order valence-electron chi connectivity index (χ3n) is 15.6. The number of rotatable bonds is 13. The maximum Gasteiger partial charge on any atom is 0.317 e. The minimum atomic E-state index is -1.02. The normalized spacial score (nSPS) is 20.0. The molecule has 6 saturated heterocycles. The quantitative estimate of drug-likeness (QED) is 0.0481. The molecule has 3 aromatic heterocycles. The van der Waals surface area contributed by atoms with E-state index in [9.17, 15) is 32.7 Å². The van der Waals surface area contributed by atoms with Gasteiger partial charge in [-0.15, -0.1) is 34.0 Å². The molecule has 82 heavy (non-hydrogen) atoms. The fourth-order valence-corrected chi connectivity index (χ4v) is 12.9. The number of aliphatic carboxylic acids is 1. The van der Waals surface area contributed by atoms with Crippen molar-refractivity contribution >= 4 is 51.9 Å². The molecule has 2 N–H and O–H groups in total. The van der Waals surface area contributed by atoms with E-state index >= 15 is 0 Å². The minimum Gasteiger partial charge on any atom is -0.481 e. The minimum absolute atomic E-state index is 0.000482. The average molecular weight is 1190 g/mol. The van der Waals surface area contributed by atoms with E-state index < -0.39 is 28.1 Å². The van der Waals surface area contributed by atoms with Gasteiger partial charge in [-0.05, 0) is 223 Å². The van der Waals surface area contributed by atoms with Crippen LogP contribution in [0, 0.1) is 29.3 Å². The van der Waals surface area contributed by atoms with Crippen LogP contribution in [-0.2, 0) is 35.4 Å². The van der Waals surface area contributed by atoms with Crippen molar-refractivity contribution in [1.29, 1.82) is 0 Å². The molecular formula is C61H78F3N9O6S3. The molecule has 12 rings (SSSR count). The predicted octanol–water partition coefficient (Wildman–Crippen LogP) is 13.4. The van der Waals surface area contributed by atoms with Crippen molar-refractivity contribution in [3.05, 3.63) is 134 Å². The number of carbonyl (C=O) groups excluding carboxylic acids is 2. The Bertz CT molecular complexity index is 3060. The molecule has 4 bridgehead atoms. The Morgan fingerprint density at radius 3 is 1.29 bits per heavy atom. The first-order chi connectivity index (χ1) is 38.7. The molecule has 0 saturated carbocycles. The van der Waals surface area contributed by atoms with Gasteiger partial charge in [0.25, 0.3) is 0 Å². The number of carboxylic acids is 1. The number of hydrogen-bond acceptors (Lipinski definition) is 14. The number of carboxylic acid groups (broad SMARTS) is 1. The first-order valence-electron chi connectivity index (χ1n) is 27.8. The Labute approximate surface area is 492 Å². The number of halogens is 3. The van der Waals surface area contributed by atoms with Crippen LogP contribution in [0.15, 0.2) is 94.1 Å². The molecule has 2 atom stereocenters. The van der Waals surface area contributed by atoms with Crippen molar-refractivity contribution in [2.45, 2.75) is 142 Å². The summed E-state index contributed by atoms with van der Waals surface area (Å²) in [6.45, 7) is 29.0. The molecule has 442 valence electrons. The molecule has 6 aromatic rings. The van der Waals surface area contributed by atoms with Crippen molar-refractivity contribution in [3.8, 4) is 31.7 Å². The molecule has 9 heterocycles. The summed E-state index contributed by atoms with van der Waals surface area (Å²) in [5, 5.41) is 29.1. The summed E-state index contributed by atoms with van der Waals surface area (Å²) in [5.74, 6) is -1.49. The molecule has 2 unspecified atom stereocenters. The van der Waals surface area contributed by atoms with Gasteiger partial charge in [-0.25, -0.2) is 28.1 Å².